The van der Waals surface area contributed by atoms with Gasteiger partial charge in [-0.05, 0) is 17.7 Å². The molecule has 0 aliphatic rings. The van der Waals surface area contributed by atoms with Gasteiger partial charge in [0.25, 0.3) is 5.91 Å². The van der Waals surface area contributed by atoms with Gasteiger partial charge in [-0.3, -0.25) is 4.79 Å². The average Bonchev–Trinajstić information content (AvgIpc) is 2.95. The maximum absolute atomic E-state index is 12.1. The van der Waals surface area contributed by atoms with Crippen LogP contribution in [-0.4, -0.2) is 19.6 Å². The van der Waals surface area contributed by atoms with Gasteiger partial charge in [0.1, 0.15) is 12.4 Å². The highest BCUT2D eigenvalue weighted by Gasteiger charge is 2.22. The number of hydrogen-bond acceptors (Lipinski definition) is 3. The minimum absolute atomic E-state index is 0.140. The van der Waals surface area contributed by atoms with E-state index >= 15 is 0 Å². The summed E-state index contributed by atoms with van der Waals surface area (Å²) in [6, 6.07) is 13.5. The fourth-order valence-electron chi connectivity index (χ4n) is 2.10. The zero-order chi connectivity index (χ0) is 15.3. The number of hydrogen-bond donors (Lipinski definition) is 1. The van der Waals surface area contributed by atoms with Crippen LogP contribution in [0.4, 0.5) is 0 Å². The predicted octanol–water partition coefficient (Wildman–Crippen LogP) is 3.13. The second-order valence-corrected chi connectivity index (χ2v) is 5.63. The van der Waals surface area contributed by atoms with E-state index in [0.717, 1.165) is 0 Å². The number of benzene rings is 1. The van der Waals surface area contributed by atoms with Gasteiger partial charge in [-0.1, -0.05) is 44.2 Å². The predicted molar refractivity (Wildman–Crippen MR) is 81.2 cm³/mol. The van der Waals surface area contributed by atoms with E-state index in [0.29, 0.717) is 24.7 Å². The molecule has 112 valence electrons. The van der Waals surface area contributed by atoms with E-state index in [1.807, 2.05) is 18.2 Å². The molecule has 4 heteroatoms. The number of carbonyl (C=O) groups excluding carboxylic acids is 1. The lowest BCUT2D eigenvalue weighted by Gasteiger charge is -2.25. The van der Waals surface area contributed by atoms with E-state index < -0.39 is 0 Å². The van der Waals surface area contributed by atoms with Crippen molar-refractivity contribution in [2.75, 3.05) is 13.7 Å². The van der Waals surface area contributed by atoms with Crippen LogP contribution >= 0.6 is 0 Å². The van der Waals surface area contributed by atoms with Crippen LogP contribution in [0.3, 0.4) is 0 Å². The fraction of sp³-hybridized carbons (Fsp3) is 0.353. The SMILES string of the molecule is COCc1ccc(C(=O)NCC(C)(C)c2ccccc2)o1. The van der Waals surface area contributed by atoms with Gasteiger partial charge in [0.2, 0.25) is 0 Å². The minimum atomic E-state index is -0.207. The molecule has 1 N–H and O–H groups in total. The van der Waals surface area contributed by atoms with Crippen molar-refractivity contribution in [1.82, 2.24) is 5.32 Å². The van der Waals surface area contributed by atoms with Crippen molar-refractivity contribution in [3.8, 4) is 0 Å². The molecule has 0 aliphatic heterocycles. The van der Waals surface area contributed by atoms with Crippen molar-refractivity contribution in [1.29, 1.82) is 0 Å². The van der Waals surface area contributed by atoms with Gasteiger partial charge in [0, 0.05) is 19.1 Å². The summed E-state index contributed by atoms with van der Waals surface area (Å²) in [5, 5.41) is 2.92. The summed E-state index contributed by atoms with van der Waals surface area (Å²) in [5.41, 5.74) is 1.05. The number of amides is 1. The molecule has 0 radical (unpaired) electrons. The van der Waals surface area contributed by atoms with Crippen molar-refractivity contribution in [3.63, 3.8) is 0 Å². The Morgan fingerprint density at radius 1 is 1.19 bits per heavy atom. The molecule has 0 saturated heterocycles. The summed E-state index contributed by atoms with van der Waals surface area (Å²) in [5.74, 6) is 0.747. The average molecular weight is 287 g/mol. The molecule has 0 spiro atoms. The summed E-state index contributed by atoms with van der Waals surface area (Å²) < 4.78 is 10.4. The number of methoxy groups -OCH3 is 1. The molecular formula is C17H21NO3. The number of rotatable bonds is 6. The zero-order valence-corrected chi connectivity index (χ0v) is 12.7. The van der Waals surface area contributed by atoms with Crippen molar-refractivity contribution >= 4 is 5.91 Å². The van der Waals surface area contributed by atoms with Crippen LogP contribution in [0.2, 0.25) is 0 Å². The molecule has 2 aromatic rings. The Labute approximate surface area is 125 Å². The number of nitrogens with one attached hydrogen (secondary N) is 1. The Bertz CT molecular complexity index is 587. The first kappa shape index (κ1) is 15.3. The maximum Gasteiger partial charge on any atom is 0.287 e. The van der Waals surface area contributed by atoms with Crippen LogP contribution in [-0.2, 0) is 16.8 Å². The Hall–Kier alpha value is -2.07. The first-order chi connectivity index (χ1) is 10.0. The fourth-order valence-corrected chi connectivity index (χ4v) is 2.10. The molecule has 1 aromatic carbocycles. The smallest absolute Gasteiger partial charge is 0.287 e. The summed E-state index contributed by atoms with van der Waals surface area (Å²) >= 11 is 0. The topological polar surface area (TPSA) is 51.5 Å². The van der Waals surface area contributed by atoms with E-state index in [4.69, 9.17) is 9.15 Å². The molecule has 0 atom stereocenters. The quantitative estimate of drug-likeness (QED) is 0.888. The van der Waals surface area contributed by atoms with Gasteiger partial charge >= 0.3 is 0 Å². The zero-order valence-electron chi connectivity index (χ0n) is 12.7. The third-order valence-corrected chi connectivity index (χ3v) is 3.42. The molecule has 0 aliphatic carbocycles. The molecule has 21 heavy (non-hydrogen) atoms. The lowest BCUT2D eigenvalue weighted by atomic mass is 9.84. The van der Waals surface area contributed by atoms with Crippen molar-refractivity contribution < 1.29 is 13.9 Å². The minimum Gasteiger partial charge on any atom is -0.453 e. The Balaban J connectivity index is 1.96. The van der Waals surface area contributed by atoms with Crippen LogP contribution in [0.15, 0.2) is 46.9 Å². The van der Waals surface area contributed by atoms with E-state index in [9.17, 15) is 4.79 Å². The van der Waals surface area contributed by atoms with Gasteiger partial charge in [0.15, 0.2) is 5.76 Å². The summed E-state index contributed by atoms with van der Waals surface area (Å²) in [7, 11) is 1.59. The molecule has 1 amide bonds. The molecule has 0 fully saturated rings. The molecule has 0 saturated carbocycles. The summed E-state index contributed by atoms with van der Waals surface area (Å²) in [4.78, 5) is 12.1. The summed E-state index contributed by atoms with van der Waals surface area (Å²) in [6.07, 6.45) is 0. The number of ether oxygens (including phenoxy) is 1. The van der Waals surface area contributed by atoms with E-state index in [-0.39, 0.29) is 11.3 Å². The van der Waals surface area contributed by atoms with Crippen molar-refractivity contribution in [2.45, 2.75) is 25.9 Å². The standard InChI is InChI=1S/C17H21NO3/c1-17(2,13-7-5-4-6-8-13)12-18-16(19)15-10-9-14(21-15)11-20-3/h4-10H,11-12H2,1-3H3,(H,18,19). The molecular weight excluding hydrogens is 266 g/mol. The summed E-state index contributed by atoms with van der Waals surface area (Å²) in [6.45, 7) is 5.10. The lowest BCUT2D eigenvalue weighted by Crippen LogP contribution is -2.36. The van der Waals surface area contributed by atoms with Crippen LogP contribution in [0, 0.1) is 0 Å². The van der Waals surface area contributed by atoms with Gasteiger partial charge in [-0.2, -0.15) is 0 Å². The third-order valence-electron chi connectivity index (χ3n) is 3.42. The highest BCUT2D eigenvalue weighted by atomic mass is 16.5. The van der Waals surface area contributed by atoms with Crippen LogP contribution in [0.5, 0.6) is 0 Å². The van der Waals surface area contributed by atoms with Crippen molar-refractivity contribution in [3.05, 3.63) is 59.5 Å². The van der Waals surface area contributed by atoms with Crippen molar-refractivity contribution in [2.24, 2.45) is 0 Å². The second kappa shape index (κ2) is 6.59. The number of furan rings is 1. The maximum atomic E-state index is 12.1. The largest absolute Gasteiger partial charge is 0.453 e. The molecule has 0 unspecified atom stereocenters. The molecule has 0 bridgehead atoms. The van der Waals surface area contributed by atoms with Crippen LogP contribution in [0.25, 0.3) is 0 Å². The van der Waals surface area contributed by atoms with Crippen LogP contribution < -0.4 is 5.32 Å². The first-order valence-corrected chi connectivity index (χ1v) is 6.94. The van der Waals surface area contributed by atoms with Crippen LogP contribution in [0.1, 0.15) is 35.7 Å². The highest BCUT2D eigenvalue weighted by molar-refractivity contribution is 5.91. The lowest BCUT2D eigenvalue weighted by molar-refractivity contribution is 0.0909. The van der Waals surface area contributed by atoms with E-state index in [1.165, 1.54) is 5.56 Å². The second-order valence-electron chi connectivity index (χ2n) is 5.63. The molecule has 1 aromatic heterocycles. The first-order valence-electron chi connectivity index (χ1n) is 6.94. The van der Waals surface area contributed by atoms with Gasteiger partial charge < -0.3 is 14.5 Å². The van der Waals surface area contributed by atoms with Gasteiger partial charge in [-0.15, -0.1) is 0 Å². The Morgan fingerprint density at radius 3 is 2.57 bits per heavy atom. The monoisotopic (exact) mass is 287 g/mol. The Morgan fingerprint density at radius 2 is 1.90 bits per heavy atom. The highest BCUT2D eigenvalue weighted by Crippen LogP contribution is 2.22. The molecule has 4 nitrogen and oxygen atoms in total. The number of carbonyl (C=O) groups is 1. The third kappa shape index (κ3) is 3.95. The van der Waals surface area contributed by atoms with Gasteiger partial charge in [0.05, 0.1) is 0 Å². The van der Waals surface area contributed by atoms with Gasteiger partial charge in [-0.25, -0.2) is 0 Å². The molecule has 2 rings (SSSR count). The van der Waals surface area contributed by atoms with E-state index in [2.05, 4.69) is 31.3 Å². The Kier molecular flexibility index (Phi) is 4.81. The normalized spacial score (nSPS) is 11.4. The van der Waals surface area contributed by atoms with E-state index in [1.54, 1.807) is 19.2 Å². The molecule has 1 heterocycles.